The first-order chi connectivity index (χ1) is 12.3. The van der Waals surface area contributed by atoms with E-state index in [1.54, 1.807) is 0 Å². The van der Waals surface area contributed by atoms with Crippen molar-refractivity contribution < 1.29 is 9.53 Å². The third-order valence-corrected chi connectivity index (χ3v) is 6.15. The molecule has 0 spiro atoms. The highest BCUT2D eigenvalue weighted by Gasteiger charge is 2.25. The molecule has 4 rings (SSSR count). The molecule has 3 heterocycles. The van der Waals surface area contributed by atoms with Gasteiger partial charge in [-0.15, -0.1) is 11.3 Å². The van der Waals surface area contributed by atoms with Crippen molar-refractivity contribution in [2.45, 2.75) is 19.4 Å². The van der Waals surface area contributed by atoms with Crippen molar-refractivity contribution in [1.29, 1.82) is 0 Å². The Morgan fingerprint density at radius 2 is 2.08 bits per heavy atom. The average Bonchev–Trinajstić information content (AvgIpc) is 3.30. The van der Waals surface area contributed by atoms with Gasteiger partial charge in [0, 0.05) is 42.7 Å². The molecule has 1 saturated heterocycles. The molecule has 1 fully saturated rings. The van der Waals surface area contributed by atoms with Crippen molar-refractivity contribution in [3.8, 4) is 0 Å². The molecular formula is C20H24N2O2S. The van der Waals surface area contributed by atoms with Crippen LogP contribution in [0.2, 0.25) is 0 Å². The number of nitrogens with zero attached hydrogens (tertiary/aromatic N) is 2. The van der Waals surface area contributed by atoms with Gasteiger partial charge in [-0.25, -0.2) is 0 Å². The molecule has 2 aromatic rings. The van der Waals surface area contributed by atoms with Crippen LogP contribution in [0.25, 0.3) is 0 Å². The molecule has 1 atom stereocenters. The first-order valence-corrected chi connectivity index (χ1v) is 9.89. The van der Waals surface area contributed by atoms with E-state index >= 15 is 0 Å². The molecule has 0 amide bonds. The molecule has 0 bridgehead atoms. The first-order valence-electron chi connectivity index (χ1n) is 9.01. The van der Waals surface area contributed by atoms with Crippen LogP contribution in [-0.4, -0.2) is 43.7 Å². The predicted octanol–water partition coefficient (Wildman–Crippen LogP) is 3.18. The van der Waals surface area contributed by atoms with Crippen molar-refractivity contribution in [3.05, 3.63) is 52.2 Å². The lowest BCUT2D eigenvalue weighted by molar-refractivity contribution is -0.146. The Hall–Kier alpha value is -1.85. The van der Waals surface area contributed by atoms with E-state index in [1.165, 1.54) is 16.1 Å². The summed E-state index contributed by atoms with van der Waals surface area (Å²) >= 11 is 1.82. The summed E-state index contributed by atoms with van der Waals surface area (Å²) in [5, 5.41) is 2.14. The quantitative estimate of drug-likeness (QED) is 0.771. The van der Waals surface area contributed by atoms with E-state index < -0.39 is 0 Å². The number of hydrogen-bond donors (Lipinski definition) is 0. The molecule has 4 nitrogen and oxygen atoms in total. The monoisotopic (exact) mass is 356 g/mol. The fraction of sp³-hybridized carbons (Fsp3) is 0.450. The lowest BCUT2D eigenvalue weighted by Crippen LogP contribution is -2.35. The Morgan fingerprint density at radius 1 is 1.20 bits per heavy atom. The Morgan fingerprint density at radius 3 is 2.96 bits per heavy atom. The Balaban J connectivity index is 1.21. The van der Waals surface area contributed by atoms with Gasteiger partial charge in [0.05, 0.1) is 13.2 Å². The van der Waals surface area contributed by atoms with Gasteiger partial charge in [-0.1, -0.05) is 18.2 Å². The summed E-state index contributed by atoms with van der Waals surface area (Å²) in [6.45, 7) is 4.79. The number of ether oxygens (including phenoxy) is 1. The number of hydrogen-bond acceptors (Lipinski definition) is 5. The molecule has 25 heavy (non-hydrogen) atoms. The van der Waals surface area contributed by atoms with Gasteiger partial charge in [-0.2, -0.15) is 0 Å². The smallest absolute Gasteiger partial charge is 0.320 e. The minimum atomic E-state index is -0.0863. The van der Waals surface area contributed by atoms with Crippen LogP contribution in [0, 0.1) is 5.92 Å². The Bertz CT molecular complexity index is 715. The summed E-state index contributed by atoms with van der Waals surface area (Å²) in [5.74, 6) is 0.353. The zero-order valence-electron chi connectivity index (χ0n) is 14.4. The fourth-order valence-corrected chi connectivity index (χ4v) is 4.61. The van der Waals surface area contributed by atoms with Crippen LogP contribution in [0.15, 0.2) is 41.8 Å². The molecule has 1 aromatic heterocycles. The summed E-state index contributed by atoms with van der Waals surface area (Å²) in [6, 6.07) is 12.6. The van der Waals surface area contributed by atoms with Gasteiger partial charge in [0.1, 0.15) is 0 Å². The number of benzene rings is 1. The maximum absolute atomic E-state index is 12.2. The second-order valence-corrected chi connectivity index (χ2v) is 7.95. The molecule has 0 unspecified atom stereocenters. The molecule has 0 radical (unpaired) electrons. The van der Waals surface area contributed by atoms with Crippen LogP contribution in [0.4, 0.5) is 5.69 Å². The van der Waals surface area contributed by atoms with Crippen LogP contribution in [0.3, 0.4) is 0 Å². The molecule has 0 saturated carbocycles. The number of carbonyl (C=O) groups is 1. The topological polar surface area (TPSA) is 32.8 Å². The number of fused-ring (bicyclic) bond motifs is 1. The van der Waals surface area contributed by atoms with Crippen LogP contribution in [0.1, 0.15) is 16.9 Å². The van der Waals surface area contributed by atoms with Gasteiger partial charge in [0.15, 0.2) is 0 Å². The highest BCUT2D eigenvalue weighted by atomic mass is 32.1. The fourth-order valence-electron chi connectivity index (χ4n) is 3.72. The summed E-state index contributed by atoms with van der Waals surface area (Å²) in [4.78, 5) is 18.2. The van der Waals surface area contributed by atoms with Crippen molar-refractivity contribution in [3.63, 3.8) is 0 Å². The highest BCUT2D eigenvalue weighted by Crippen LogP contribution is 2.25. The number of anilines is 1. The van der Waals surface area contributed by atoms with Crippen molar-refractivity contribution >= 4 is 23.0 Å². The molecule has 132 valence electrons. The van der Waals surface area contributed by atoms with E-state index in [0.29, 0.717) is 19.1 Å². The number of para-hydroxylation sites is 1. The first kappa shape index (κ1) is 16.6. The third-order valence-electron chi connectivity index (χ3n) is 5.13. The summed E-state index contributed by atoms with van der Waals surface area (Å²) in [7, 11) is 0. The number of carbonyl (C=O) groups excluding carboxylic acids is 1. The van der Waals surface area contributed by atoms with Gasteiger partial charge in [-0.3, -0.25) is 9.69 Å². The second kappa shape index (κ2) is 7.58. The van der Waals surface area contributed by atoms with Gasteiger partial charge in [-0.05, 0) is 42.0 Å². The maximum Gasteiger partial charge on any atom is 0.320 e. The van der Waals surface area contributed by atoms with Crippen LogP contribution < -0.4 is 4.90 Å². The van der Waals surface area contributed by atoms with E-state index in [9.17, 15) is 4.79 Å². The molecular weight excluding hydrogens is 332 g/mol. The Labute approximate surface area is 153 Å². The number of rotatable bonds is 5. The predicted molar refractivity (Wildman–Crippen MR) is 101 cm³/mol. The highest BCUT2D eigenvalue weighted by molar-refractivity contribution is 7.10. The summed E-state index contributed by atoms with van der Waals surface area (Å²) < 4.78 is 5.58. The van der Waals surface area contributed by atoms with Crippen LogP contribution >= 0.6 is 11.3 Å². The van der Waals surface area contributed by atoms with Crippen LogP contribution in [0.5, 0.6) is 0 Å². The summed E-state index contributed by atoms with van der Waals surface area (Å²) in [5.41, 5.74) is 2.63. The lowest BCUT2D eigenvalue weighted by Gasteiger charge is -2.26. The van der Waals surface area contributed by atoms with Gasteiger partial charge < -0.3 is 9.64 Å². The largest absolute Gasteiger partial charge is 0.464 e. The zero-order chi connectivity index (χ0) is 17.1. The minimum Gasteiger partial charge on any atom is -0.464 e. The summed E-state index contributed by atoms with van der Waals surface area (Å²) in [6.07, 6.45) is 2.14. The van der Waals surface area contributed by atoms with E-state index in [1.807, 2.05) is 17.4 Å². The molecule has 2 aliphatic heterocycles. The lowest BCUT2D eigenvalue weighted by atomic mass is 10.1. The zero-order valence-corrected chi connectivity index (χ0v) is 15.2. The molecule has 0 aliphatic carbocycles. The average molecular weight is 356 g/mol. The number of esters is 1. The van der Waals surface area contributed by atoms with E-state index in [4.69, 9.17) is 4.74 Å². The van der Waals surface area contributed by atoms with Crippen molar-refractivity contribution in [1.82, 2.24) is 4.90 Å². The van der Waals surface area contributed by atoms with E-state index in [2.05, 4.69) is 45.5 Å². The molecule has 5 heteroatoms. The van der Waals surface area contributed by atoms with Gasteiger partial charge in [0.25, 0.3) is 0 Å². The Kier molecular flexibility index (Phi) is 5.04. The van der Waals surface area contributed by atoms with Gasteiger partial charge in [0.2, 0.25) is 0 Å². The molecule has 1 aromatic carbocycles. The second-order valence-electron chi connectivity index (χ2n) is 6.95. The van der Waals surface area contributed by atoms with E-state index in [0.717, 1.165) is 39.0 Å². The minimum absolute atomic E-state index is 0.0863. The van der Waals surface area contributed by atoms with Crippen molar-refractivity contribution in [2.24, 2.45) is 5.92 Å². The third kappa shape index (κ3) is 4.05. The number of thiophene rings is 1. The van der Waals surface area contributed by atoms with E-state index in [-0.39, 0.29) is 5.97 Å². The van der Waals surface area contributed by atoms with Gasteiger partial charge >= 0.3 is 5.97 Å². The maximum atomic E-state index is 12.2. The standard InChI is InChI=1S/C20H24N2O2S/c23-20(14-21-9-7-19-17(13-21)8-11-25-19)24-15-16-6-10-22(12-16)18-4-2-1-3-5-18/h1-5,8,11,16H,6-7,9-10,12-15H2/t16-/m0/s1. The van der Waals surface area contributed by atoms with Crippen LogP contribution in [-0.2, 0) is 22.5 Å². The SMILES string of the molecule is O=C(CN1CCc2sccc2C1)OC[C@H]1CCN(c2ccccc2)C1. The van der Waals surface area contributed by atoms with Crippen molar-refractivity contribution in [2.75, 3.05) is 37.7 Å². The molecule has 0 N–H and O–H groups in total. The molecule has 2 aliphatic rings. The normalized spacial score (nSPS) is 20.5.